The Balaban J connectivity index is 1.73. The Morgan fingerprint density at radius 3 is 2.54 bits per heavy atom. The molecular formula is C19H18ClNO3. The van der Waals surface area contributed by atoms with Crippen molar-refractivity contribution in [2.24, 2.45) is 0 Å². The minimum atomic E-state index is -0.859. The van der Waals surface area contributed by atoms with Crippen LogP contribution in [0.5, 0.6) is 0 Å². The largest absolute Gasteiger partial charge is 0.449 e. The molecule has 0 N–H and O–H groups in total. The zero-order chi connectivity index (χ0) is 17.3. The van der Waals surface area contributed by atoms with Gasteiger partial charge in [0.1, 0.15) is 0 Å². The second kappa shape index (κ2) is 6.65. The molecule has 2 aromatic carbocycles. The molecule has 4 nitrogen and oxygen atoms in total. The lowest BCUT2D eigenvalue weighted by atomic mass is 10.1. The van der Waals surface area contributed by atoms with Gasteiger partial charge in [-0.2, -0.15) is 0 Å². The minimum Gasteiger partial charge on any atom is -0.449 e. The number of fused-ring (bicyclic) bond motifs is 1. The number of rotatable bonds is 3. The second-order valence-electron chi connectivity index (χ2n) is 5.94. The number of ether oxygens (including phenoxy) is 1. The average Bonchev–Trinajstić information content (AvgIpc) is 2.90. The molecule has 0 aromatic heterocycles. The van der Waals surface area contributed by atoms with Gasteiger partial charge in [0, 0.05) is 16.8 Å². The Labute approximate surface area is 146 Å². The molecule has 0 radical (unpaired) electrons. The molecule has 0 saturated carbocycles. The highest BCUT2D eigenvalue weighted by atomic mass is 35.5. The van der Waals surface area contributed by atoms with Gasteiger partial charge >= 0.3 is 5.97 Å². The Hall–Kier alpha value is -2.33. The molecule has 24 heavy (non-hydrogen) atoms. The maximum Gasteiger partial charge on any atom is 0.338 e. The van der Waals surface area contributed by atoms with Crippen molar-refractivity contribution in [3.63, 3.8) is 0 Å². The van der Waals surface area contributed by atoms with E-state index >= 15 is 0 Å². The highest BCUT2D eigenvalue weighted by Crippen LogP contribution is 2.32. The van der Waals surface area contributed by atoms with Gasteiger partial charge in [0.05, 0.1) is 5.56 Å². The van der Waals surface area contributed by atoms with Gasteiger partial charge in [-0.25, -0.2) is 4.79 Å². The molecular weight excluding hydrogens is 326 g/mol. The summed E-state index contributed by atoms with van der Waals surface area (Å²) in [6.45, 7) is 3.59. The van der Waals surface area contributed by atoms with Crippen molar-refractivity contribution in [1.29, 1.82) is 0 Å². The number of nitrogens with zero attached hydrogens (tertiary/aromatic N) is 1. The Kier molecular flexibility index (Phi) is 4.58. The summed E-state index contributed by atoms with van der Waals surface area (Å²) in [4.78, 5) is 26.7. The molecule has 5 heteroatoms. The number of benzene rings is 2. The van der Waals surface area contributed by atoms with Crippen LogP contribution in [-0.2, 0) is 16.0 Å². The number of carbonyl (C=O) groups is 2. The fourth-order valence-corrected chi connectivity index (χ4v) is 3.09. The predicted molar refractivity (Wildman–Crippen MR) is 93.4 cm³/mol. The third-order valence-corrected chi connectivity index (χ3v) is 4.41. The van der Waals surface area contributed by atoms with E-state index in [-0.39, 0.29) is 11.9 Å². The van der Waals surface area contributed by atoms with Crippen LogP contribution in [0.4, 0.5) is 5.69 Å². The van der Waals surface area contributed by atoms with Gasteiger partial charge in [-0.3, -0.25) is 4.79 Å². The van der Waals surface area contributed by atoms with Crippen molar-refractivity contribution in [3.05, 3.63) is 64.7 Å². The number of hydrogen-bond donors (Lipinski definition) is 0. The van der Waals surface area contributed by atoms with Crippen molar-refractivity contribution in [1.82, 2.24) is 0 Å². The molecule has 0 unspecified atom stereocenters. The first-order valence-corrected chi connectivity index (χ1v) is 8.22. The summed E-state index contributed by atoms with van der Waals surface area (Å²) in [6, 6.07) is 14.2. The third-order valence-electron chi connectivity index (χ3n) is 4.16. The fourth-order valence-electron chi connectivity index (χ4n) is 2.96. The molecule has 1 amide bonds. The minimum absolute atomic E-state index is 0.0478. The first-order chi connectivity index (χ1) is 11.5. The van der Waals surface area contributed by atoms with Gasteiger partial charge in [-0.05, 0) is 56.2 Å². The highest BCUT2D eigenvalue weighted by molar-refractivity contribution is 6.30. The molecule has 3 rings (SSSR count). The second-order valence-corrected chi connectivity index (χ2v) is 6.38. The molecule has 2 aromatic rings. The Bertz CT molecular complexity index is 772. The summed E-state index contributed by atoms with van der Waals surface area (Å²) in [5, 5.41) is 0.540. The summed E-state index contributed by atoms with van der Waals surface area (Å²) < 4.78 is 5.34. The monoisotopic (exact) mass is 343 g/mol. The standard InChI is InChI=1S/C19H18ClNO3/c1-12-11-15-5-3-4-6-17(15)21(12)18(22)13(2)24-19(23)14-7-9-16(20)10-8-14/h3-10,12-13H,11H2,1-2H3/t12-,13+/m0/s1. The molecule has 2 atom stereocenters. The zero-order valence-corrected chi connectivity index (χ0v) is 14.3. The zero-order valence-electron chi connectivity index (χ0n) is 13.5. The molecule has 124 valence electrons. The van der Waals surface area contributed by atoms with E-state index in [0.717, 1.165) is 17.7 Å². The average molecular weight is 344 g/mol. The van der Waals surface area contributed by atoms with Crippen molar-refractivity contribution >= 4 is 29.2 Å². The van der Waals surface area contributed by atoms with Gasteiger partial charge in [0.2, 0.25) is 0 Å². The van der Waals surface area contributed by atoms with Crippen molar-refractivity contribution < 1.29 is 14.3 Å². The maximum absolute atomic E-state index is 12.8. The number of amides is 1. The SMILES string of the molecule is C[C@@H](OC(=O)c1ccc(Cl)cc1)C(=O)N1c2ccccc2C[C@@H]1C. The van der Waals surface area contributed by atoms with E-state index in [0.29, 0.717) is 10.6 Å². The van der Waals surface area contributed by atoms with Gasteiger partial charge in [0.15, 0.2) is 6.10 Å². The Morgan fingerprint density at radius 2 is 1.83 bits per heavy atom. The first kappa shape index (κ1) is 16.5. The molecule has 1 aliphatic heterocycles. The molecule has 1 heterocycles. The topological polar surface area (TPSA) is 46.6 Å². The van der Waals surface area contributed by atoms with Crippen LogP contribution in [0.1, 0.15) is 29.8 Å². The fraction of sp³-hybridized carbons (Fsp3) is 0.263. The van der Waals surface area contributed by atoms with Crippen LogP contribution >= 0.6 is 11.6 Å². The van der Waals surface area contributed by atoms with Gasteiger partial charge in [0.25, 0.3) is 5.91 Å². The summed E-state index contributed by atoms with van der Waals surface area (Å²) in [5.74, 6) is -0.748. The van der Waals surface area contributed by atoms with Crippen LogP contribution < -0.4 is 4.90 Å². The predicted octanol–water partition coefficient (Wildman–Crippen LogP) is 3.86. The van der Waals surface area contributed by atoms with Crippen LogP contribution in [0.3, 0.4) is 0 Å². The van der Waals surface area contributed by atoms with E-state index in [1.807, 2.05) is 31.2 Å². The molecule has 1 aliphatic rings. The van der Waals surface area contributed by atoms with Gasteiger partial charge in [-0.15, -0.1) is 0 Å². The summed E-state index contributed by atoms with van der Waals surface area (Å²) in [6.07, 6.45) is -0.0541. The summed E-state index contributed by atoms with van der Waals surface area (Å²) in [5.41, 5.74) is 2.40. The maximum atomic E-state index is 12.8. The van der Waals surface area contributed by atoms with Crippen molar-refractivity contribution in [3.8, 4) is 0 Å². The van der Waals surface area contributed by atoms with Crippen LogP contribution in [0.25, 0.3) is 0 Å². The molecule has 0 aliphatic carbocycles. The van der Waals surface area contributed by atoms with E-state index in [1.165, 1.54) is 0 Å². The molecule has 0 fully saturated rings. The molecule has 0 bridgehead atoms. The van der Waals surface area contributed by atoms with E-state index in [1.54, 1.807) is 36.1 Å². The van der Waals surface area contributed by atoms with Crippen molar-refractivity contribution in [2.45, 2.75) is 32.4 Å². The lowest BCUT2D eigenvalue weighted by Crippen LogP contribution is -2.43. The number of para-hydroxylation sites is 1. The number of hydrogen-bond acceptors (Lipinski definition) is 3. The smallest absolute Gasteiger partial charge is 0.338 e. The van der Waals surface area contributed by atoms with Crippen LogP contribution in [0.15, 0.2) is 48.5 Å². The van der Waals surface area contributed by atoms with E-state index in [2.05, 4.69) is 0 Å². The van der Waals surface area contributed by atoms with Crippen LogP contribution in [0.2, 0.25) is 5.02 Å². The first-order valence-electron chi connectivity index (χ1n) is 7.85. The molecule has 0 spiro atoms. The summed E-state index contributed by atoms with van der Waals surface area (Å²) in [7, 11) is 0. The van der Waals surface area contributed by atoms with E-state index < -0.39 is 12.1 Å². The third kappa shape index (κ3) is 3.15. The van der Waals surface area contributed by atoms with Gasteiger partial charge < -0.3 is 9.64 Å². The van der Waals surface area contributed by atoms with E-state index in [9.17, 15) is 9.59 Å². The van der Waals surface area contributed by atoms with Crippen molar-refractivity contribution in [2.75, 3.05) is 4.90 Å². The summed E-state index contributed by atoms with van der Waals surface area (Å²) >= 11 is 5.81. The van der Waals surface area contributed by atoms with Crippen LogP contribution in [0, 0.1) is 0 Å². The highest BCUT2D eigenvalue weighted by Gasteiger charge is 2.34. The molecule has 0 saturated heterocycles. The lowest BCUT2D eigenvalue weighted by Gasteiger charge is -2.25. The number of halogens is 1. The number of carbonyl (C=O) groups excluding carboxylic acids is 2. The number of anilines is 1. The normalized spacial score (nSPS) is 17.3. The number of esters is 1. The van der Waals surface area contributed by atoms with Gasteiger partial charge in [-0.1, -0.05) is 29.8 Å². The Morgan fingerprint density at radius 1 is 1.17 bits per heavy atom. The lowest BCUT2D eigenvalue weighted by molar-refractivity contribution is -0.126. The van der Waals surface area contributed by atoms with Crippen LogP contribution in [-0.4, -0.2) is 24.0 Å². The quantitative estimate of drug-likeness (QED) is 0.795. The van der Waals surface area contributed by atoms with E-state index in [4.69, 9.17) is 16.3 Å².